The lowest BCUT2D eigenvalue weighted by molar-refractivity contribution is 0.255. The Balaban J connectivity index is 1.70. The summed E-state index contributed by atoms with van der Waals surface area (Å²) in [5.74, 6) is -0.328. The Morgan fingerprint density at radius 1 is 1.32 bits per heavy atom. The molecule has 2 atom stereocenters. The van der Waals surface area contributed by atoms with Crippen molar-refractivity contribution < 1.29 is 13.9 Å². The van der Waals surface area contributed by atoms with Gasteiger partial charge in [-0.2, -0.15) is 5.10 Å². The maximum Gasteiger partial charge on any atom is 0.286 e. The number of hydrogen-bond donors (Lipinski definition) is 1. The zero-order valence-corrected chi connectivity index (χ0v) is 16.4. The van der Waals surface area contributed by atoms with Gasteiger partial charge in [0, 0.05) is 29.4 Å². The first-order chi connectivity index (χ1) is 13.5. The van der Waals surface area contributed by atoms with Crippen molar-refractivity contribution in [1.82, 2.24) is 20.1 Å². The van der Waals surface area contributed by atoms with Crippen molar-refractivity contribution in [2.24, 2.45) is 0 Å². The minimum Gasteiger partial charge on any atom is -0.354 e. The molecular formula is C19H16ClFN4O2S. The fourth-order valence-electron chi connectivity index (χ4n) is 3.14. The molecule has 0 saturated carbocycles. The van der Waals surface area contributed by atoms with E-state index < -0.39 is 5.60 Å². The largest absolute Gasteiger partial charge is 0.354 e. The molecule has 0 aliphatic carbocycles. The zero-order chi connectivity index (χ0) is 19.7. The van der Waals surface area contributed by atoms with Crippen LogP contribution in [0.25, 0.3) is 0 Å². The van der Waals surface area contributed by atoms with Crippen molar-refractivity contribution in [3.63, 3.8) is 0 Å². The molecule has 9 heteroatoms. The van der Waals surface area contributed by atoms with Crippen molar-refractivity contribution >= 4 is 28.6 Å². The van der Waals surface area contributed by atoms with Crippen LogP contribution in [-0.4, -0.2) is 27.1 Å². The van der Waals surface area contributed by atoms with E-state index in [1.54, 1.807) is 29.9 Å². The molecule has 28 heavy (non-hydrogen) atoms. The third-order valence-corrected chi connectivity index (χ3v) is 5.80. The van der Waals surface area contributed by atoms with Crippen LogP contribution in [0.3, 0.4) is 0 Å². The molecule has 2 heterocycles. The van der Waals surface area contributed by atoms with E-state index >= 15 is 0 Å². The fourth-order valence-corrected chi connectivity index (χ4v) is 3.96. The van der Waals surface area contributed by atoms with Crippen LogP contribution in [0.15, 0.2) is 60.0 Å². The number of aromatic nitrogens is 3. The molecule has 1 aromatic heterocycles. The van der Waals surface area contributed by atoms with Crippen LogP contribution in [-0.2, 0) is 16.9 Å². The topological polar surface area (TPSA) is 72.3 Å². The third-order valence-electron chi connectivity index (χ3n) is 4.57. The number of amides is 1. The molecule has 1 saturated heterocycles. The van der Waals surface area contributed by atoms with E-state index in [0.29, 0.717) is 16.7 Å². The highest BCUT2D eigenvalue weighted by Crippen LogP contribution is 2.59. The van der Waals surface area contributed by atoms with Crippen molar-refractivity contribution in [1.29, 1.82) is 0 Å². The van der Waals surface area contributed by atoms with Gasteiger partial charge in [0.05, 0.1) is 6.54 Å². The highest BCUT2D eigenvalue weighted by molar-refractivity contribution is 8.13. The van der Waals surface area contributed by atoms with Gasteiger partial charge in [0.2, 0.25) is 0 Å². The highest BCUT2D eigenvalue weighted by atomic mass is 35.5. The highest BCUT2D eigenvalue weighted by Gasteiger charge is 2.59. The number of epoxide rings is 1. The molecule has 1 aliphatic rings. The molecule has 2 aromatic carbocycles. The molecule has 2 unspecified atom stereocenters. The van der Waals surface area contributed by atoms with E-state index in [9.17, 15) is 9.18 Å². The number of ether oxygens (including phenoxy) is 1. The summed E-state index contributed by atoms with van der Waals surface area (Å²) in [7, 11) is 1.55. The van der Waals surface area contributed by atoms with Crippen molar-refractivity contribution in [2.45, 2.75) is 23.4 Å². The molecule has 3 aromatic rings. The smallest absolute Gasteiger partial charge is 0.286 e. The van der Waals surface area contributed by atoms with Crippen LogP contribution < -0.4 is 5.32 Å². The predicted octanol–water partition coefficient (Wildman–Crippen LogP) is 4.17. The lowest BCUT2D eigenvalue weighted by Crippen LogP contribution is -2.21. The second-order valence-corrected chi connectivity index (χ2v) is 7.60. The molecule has 6 nitrogen and oxygen atoms in total. The molecule has 4 rings (SSSR count). The average molecular weight is 419 g/mol. The molecular weight excluding hydrogens is 403 g/mol. The summed E-state index contributed by atoms with van der Waals surface area (Å²) in [4.78, 5) is 15.9. The summed E-state index contributed by atoms with van der Waals surface area (Å²) in [6, 6.07) is 13.6. The van der Waals surface area contributed by atoms with E-state index in [-0.39, 0.29) is 17.2 Å². The van der Waals surface area contributed by atoms with Crippen molar-refractivity contribution in [2.75, 3.05) is 7.05 Å². The van der Waals surface area contributed by atoms with Crippen LogP contribution >= 0.6 is 23.4 Å². The summed E-state index contributed by atoms with van der Waals surface area (Å²) in [6.07, 6.45) is 1.06. The summed E-state index contributed by atoms with van der Waals surface area (Å²) in [6.45, 7) is 0.299. The van der Waals surface area contributed by atoms with Crippen LogP contribution in [0, 0.1) is 5.82 Å². The lowest BCUT2D eigenvalue weighted by atomic mass is 9.91. The molecule has 0 radical (unpaired) electrons. The van der Waals surface area contributed by atoms with Gasteiger partial charge >= 0.3 is 0 Å². The summed E-state index contributed by atoms with van der Waals surface area (Å²) in [5.41, 5.74) is 0.851. The minimum atomic E-state index is -0.787. The fraction of sp³-hybridized carbons (Fsp3) is 0.211. The van der Waals surface area contributed by atoms with Gasteiger partial charge in [-0.25, -0.2) is 14.1 Å². The summed E-state index contributed by atoms with van der Waals surface area (Å²) >= 11 is 7.31. The molecule has 1 amide bonds. The maximum absolute atomic E-state index is 13.5. The minimum absolute atomic E-state index is 0.246. The van der Waals surface area contributed by atoms with Gasteiger partial charge < -0.3 is 10.1 Å². The van der Waals surface area contributed by atoms with Crippen LogP contribution in [0.2, 0.25) is 5.02 Å². The van der Waals surface area contributed by atoms with Gasteiger partial charge in [-0.05, 0) is 23.8 Å². The number of carbonyl (C=O) groups is 1. The van der Waals surface area contributed by atoms with Gasteiger partial charge in [-0.3, -0.25) is 4.79 Å². The lowest BCUT2D eigenvalue weighted by Gasteiger charge is -2.15. The van der Waals surface area contributed by atoms with Crippen LogP contribution in [0.1, 0.15) is 17.2 Å². The number of benzene rings is 2. The molecule has 1 aliphatic heterocycles. The van der Waals surface area contributed by atoms with Gasteiger partial charge in [-0.1, -0.05) is 41.9 Å². The number of halogens is 2. The quantitative estimate of drug-likeness (QED) is 0.497. The Morgan fingerprint density at radius 3 is 2.79 bits per heavy atom. The normalized spacial score (nSPS) is 20.8. The van der Waals surface area contributed by atoms with Gasteiger partial charge in [0.25, 0.3) is 5.24 Å². The Morgan fingerprint density at radius 2 is 2.07 bits per heavy atom. The van der Waals surface area contributed by atoms with Gasteiger partial charge in [0.15, 0.2) is 5.16 Å². The third kappa shape index (κ3) is 3.50. The maximum atomic E-state index is 13.5. The first-order valence-corrected chi connectivity index (χ1v) is 9.68. The molecule has 144 valence electrons. The number of hydrogen-bond acceptors (Lipinski definition) is 5. The molecule has 1 N–H and O–H groups in total. The monoisotopic (exact) mass is 418 g/mol. The number of nitrogens with one attached hydrogen (secondary N) is 1. The first kappa shape index (κ1) is 18.9. The average Bonchev–Trinajstić information content (AvgIpc) is 3.26. The van der Waals surface area contributed by atoms with E-state index in [1.807, 2.05) is 18.2 Å². The van der Waals surface area contributed by atoms with Gasteiger partial charge in [0.1, 0.15) is 23.8 Å². The molecule has 0 spiro atoms. The second kappa shape index (κ2) is 7.54. The number of thioether (sulfide) groups is 1. The number of nitrogens with zero attached hydrogens (tertiary/aromatic N) is 3. The SMILES string of the molecule is CNC(=O)Sc1ncnn1CC1(c2ccc(F)cc2)OC1c1ccccc1Cl. The standard InChI is InChI=1S/C19H16ClFN4O2S/c1-22-18(26)28-17-23-11-24-25(17)10-19(12-6-8-13(21)9-7-12)16(27-19)14-4-2-3-5-15(14)20/h2-9,11,16H,10H2,1H3,(H,22,26). The van der Waals surface area contributed by atoms with E-state index in [4.69, 9.17) is 16.3 Å². The van der Waals surface area contributed by atoms with Crippen molar-refractivity contribution in [3.05, 3.63) is 76.8 Å². The van der Waals surface area contributed by atoms with Crippen molar-refractivity contribution in [3.8, 4) is 0 Å². The number of carbonyl (C=O) groups excluding carboxylic acids is 1. The molecule has 1 fully saturated rings. The first-order valence-electron chi connectivity index (χ1n) is 8.49. The predicted molar refractivity (Wildman–Crippen MR) is 104 cm³/mol. The number of rotatable bonds is 5. The Hall–Kier alpha value is -2.42. The van der Waals surface area contributed by atoms with E-state index in [2.05, 4.69) is 15.4 Å². The van der Waals surface area contributed by atoms with E-state index in [0.717, 1.165) is 22.9 Å². The summed E-state index contributed by atoms with van der Waals surface area (Å²) in [5, 5.41) is 7.57. The van der Waals surface area contributed by atoms with Gasteiger partial charge in [-0.15, -0.1) is 0 Å². The Kier molecular flexibility index (Phi) is 5.09. The Bertz CT molecular complexity index is 1010. The summed E-state index contributed by atoms with van der Waals surface area (Å²) < 4.78 is 21.2. The van der Waals surface area contributed by atoms with Crippen LogP contribution in [0.5, 0.6) is 0 Å². The molecule has 0 bridgehead atoms. The Labute approximate surface area is 170 Å². The van der Waals surface area contributed by atoms with Crippen LogP contribution in [0.4, 0.5) is 9.18 Å². The van der Waals surface area contributed by atoms with E-state index in [1.165, 1.54) is 18.5 Å². The second-order valence-electron chi connectivity index (χ2n) is 6.26. The zero-order valence-electron chi connectivity index (χ0n) is 14.8.